The van der Waals surface area contributed by atoms with E-state index in [9.17, 15) is 0 Å². The summed E-state index contributed by atoms with van der Waals surface area (Å²) in [6.45, 7) is 5.89. The lowest BCUT2D eigenvalue weighted by molar-refractivity contribution is 0.00737. The molecule has 20 heavy (non-hydrogen) atoms. The molecule has 1 aromatic rings. The highest BCUT2D eigenvalue weighted by molar-refractivity contribution is 6.31. The summed E-state index contributed by atoms with van der Waals surface area (Å²) in [5.74, 6) is 1.73. The fourth-order valence-electron chi connectivity index (χ4n) is 2.53. The Morgan fingerprint density at radius 1 is 1.30 bits per heavy atom. The Morgan fingerprint density at radius 3 is 2.75 bits per heavy atom. The van der Waals surface area contributed by atoms with Crippen molar-refractivity contribution in [3.05, 3.63) is 22.8 Å². The predicted molar refractivity (Wildman–Crippen MR) is 84.2 cm³/mol. The molecule has 1 fully saturated rings. The SMILES string of the molecule is CCCNc1ccc(Cl)c(COC2CCC(C)CC2)n1. The molecule has 0 spiro atoms. The lowest BCUT2D eigenvalue weighted by Gasteiger charge is -2.26. The maximum atomic E-state index is 6.20. The average molecular weight is 297 g/mol. The molecule has 1 heterocycles. The number of nitrogens with one attached hydrogen (secondary N) is 1. The van der Waals surface area contributed by atoms with Crippen molar-refractivity contribution >= 4 is 17.4 Å². The summed E-state index contributed by atoms with van der Waals surface area (Å²) in [4.78, 5) is 4.54. The molecule has 1 aliphatic carbocycles. The molecule has 0 unspecified atom stereocenters. The van der Waals surface area contributed by atoms with Crippen molar-refractivity contribution in [3.63, 3.8) is 0 Å². The van der Waals surface area contributed by atoms with Crippen LogP contribution < -0.4 is 5.32 Å². The summed E-state index contributed by atoms with van der Waals surface area (Å²) in [7, 11) is 0. The number of anilines is 1. The lowest BCUT2D eigenvalue weighted by Crippen LogP contribution is -2.20. The largest absolute Gasteiger partial charge is 0.372 e. The van der Waals surface area contributed by atoms with Gasteiger partial charge in [-0.05, 0) is 50.2 Å². The number of ether oxygens (including phenoxy) is 1. The van der Waals surface area contributed by atoms with Crippen molar-refractivity contribution < 1.29 is 4.74 Å². The Morgan fingerprint density at radius 2 is 2.05 bits per heavy atom. The van der Waals surface area contributed by atoms with Crippen LogP contribution in [0.2, 0.25) is 5.02 Å². The van der Waals surface area contributed by atoms with Gasteiger partial charge in [-0.2, -0.15) is 0 Å². The standard InChI is InChI=1S/C16H25ClN2O/c1-3-10-18-16-9-8-14(17)15(19-16)11-20-13-6-4-12(2)5-7-13/h8-9,12-13H,3-7,10-11H2,1-2H3,(H,18,19). The van der Waals surface area contributed by atoms with Crippen LogP contribution in [0.25, 0.3) is 0 Å². The molecule has 3 nitrogen and oxygen atoms in total. The van der Waals surface area contributed by atoms with Crippen LogP contribution in [0.1, 0.15) is 51.6 Å². The highest BCUT2D eigenvalue weighted by Crippen LogP contribution is 2.27. The lowest BCUT2D eigenvalue weighted by atomic mass is 9.89. The first-order valence-electron chi connectivity index (χ1n) is 7.70. The van der Waals surface area contributed by atoms with E-state index < -0.39 is 0 Å². The first-order chi connectivity index (χ1) is 9.69. The van der Waals surface area contributed by atoms with Crippen molar-refractivity contribution in [1.29, 1.82) is 0 Å². The van der Waals surface area contributed by atoms with E-state index >= 15 is 0 Å². The molecule has 0 bridgehead atoms. The molecule has 1 aromatic heterocycles. The molecule has 1 saturated carbocycles. The van der Waals surface area contributed by atoms with Gasteiger partial charge in [0.05, 0.1) is 23.4 Å². The van der Waals surface area contributed by atoms with Crippen molar-refractivity contribution in [3.8, 4) is 0 Å². The van der Waals surface area contributed by atoms with Crippen LogP contribution in [-0.2, 0) is 11.3 Å². The normalized spacial score (nSPS) is 22.8. The Bertz CT molecular complexity index is 417. The number of rotatable bonds is 6. The second-order valence-corrected chi connectivity index (χ2v) is 6.15. The fraction of sp³-hybridized carbons (Fsp3) is 0.688. The highest BCUT2D eigenvalue weighted by Gasteiger charge is 2.19. The minimum Gasteiger partial charge on any atom is -0.372 e. The van der Waals surface area contributed by atoms with E-state index in [4.69, 9.17) is 16.3 Å². The molecule has 0 aromatic carbocycles. The zero-order valence-corrected chi connectivity index (χ0v) is 13.2. The quantitative estimate of drug-likeness (QED) is 0.829. The Hall–Kier alpha value is -0.800. The number of hydrogen-bond acceptors (Lipinski definition) is 3. The number of halogens is 1. The van der Waals surface area contributed by atoms with Crippen LogP contribution in [-0.4, -0.2) is 17.6 Å². The first kappa shape index (κ1) is 15.6. The maximum absolute atomic E-state index is 6.20. The van der Waals surface area contributed by atoms with Crippen molar-refractivity contribution in [2.75, 3.05) is 11.9 Å². The average Bonchev–Trinajstić information content (AvgIpc) is 2.46. The number of nitrogens with zero attached hydrogens (tertiary/aromatic N) is 1. The van der Waals surface area contributed by atoms with E-state index in [1.165, 1.54) is 12.8 Å². The molecule has 0 saturated heterocycles. The number of hydrogen-bond donors (Lipinski definition) is 1. The van der Waals surface area contributed by atoms with Crippen LogP contribution in [0.15, 0.2) is 12.1 Å². The summed E-state index contributed by atoms with van der Waals surface area (Å²) >= 11 is 6.20. The third kappa shape index (κ3) is 4.64. The molecule has 112 valence electrons. The smallest absolute Gasteiger partial charge is 0.126 e. The Labute approximate surface area is 127 Å². The van der Waals surface area contributed by atoms with Crippen LogP contribution in [0.3, 0.4) is 0 Å². The maximum Gasteiger partial charge on any atom is 0.126 e. The van der Waals surface area contributed by atoms with E-state index in [1.807, 2.05) is 12.1 Å². The van der Waals surface area contributed by atoms with E-state index in [2.05, 4.69) is 24.1 Å². The topological polar surface area (TPSA) is 34.1 Å². The second-order valence-electron chi connectivity index (χ2n) is 5.74. The second kappa shape index (κ2) is 7.84. The summed E-state index contributed by atoms with van der Waals surface area (Å²) in [6, 6.07) is 3.82. The van der Waals surface area contributed by atoms with Crippen molar-refractivity contribution in [2.45, 2.75) is 58.7 Å². The molecule has 2 rings (SSSR count). The Balaban J connectivity index is 1.87. The molecule has 0 radical (unpaired) electrons. The Kier molecular flexibility index (Phi) is 6.11. The van der Waals surface area contributed by atoms with Gasteiger partial charge in [-0.1, -0.05) is 25.4 Å². The minimum absolute atomic E-state index is 0.372. The van der Waals surface area contributed by atoms with Gasteiger partial charge in [0.15, 0.2) is 0 Å². The zero-order chi connectivity index (χ0) is 14.4. The van der Waals surface area contributed by atoms with Crippen LogP contribution in [0.4, 0.5) is 5.82 Å². The third-order valence-electron chi connectivity index (χ3n) is 3.89. The molecule has 1 N–H and O–H groups in total. The van der Waals surface area contributed by atoms with Crippen LogP contribution in [0.5, 0.6) is 0 Å². The molecule has 0 aliphatic heterocycles. The predicted octanol–water partition coefficient (Wildman–Crippen LogP) is 4.65. The van der Waals surface area contributed by atoms with E-state index in [1.54, 1.807) is 0 Å². The summed E-state index contributed by atoms with van der Waals surface area (Å²) in [6.07, 6.45) is 6.31. The number of pyridine rings is 1. The molecule has 1 aliphatic rings. The first-order valence-corrected chi connectivity index (χ1v) is 8.07. The molecular weight excluding hydrogens is 272 g/mol. The number of aromatic nitrogens is 1. The summed E-state index contributed by atoms with van der Waals surface area (Å²) in [5.41, 5.74) is 0.839. The molecule has 0 atom stereocenters. The van der Waals surface area contributed by atoms with Gasteiger partial charge in [-0.3, -0.25) is 0 Å². The van der Waals surface area contributed by atoms with Crippen molar-refractivity contribution in [2.24, 2.45) is 5.92 Å². The van der Waals surface area contributed by atoms with E-state index in [0.717, 1.165) is 43.2 Å². The van der Waals surface area contributed by atoms with Gasteiger partial charge in [0, 0.05) is 6.54 Å². The highest BCUT2D eigenvalue weighted by atomic mass is 35.5. The van der Waals surface area contributed by atoms with Gasteiger partial charge in [-0.25, -0.2) is 4.98 Å². The van der Waals surface area contributed by atoms with Gasteiger partial charge in [0.1, 0.15) is 5.82 Å². The molecular formula is C16H25ClN2O. The monoisotopic (exact) mass is 296 g/mol. The van der Waals surface area contributed by atoms with Gasteiger partial charge in [-0.15, -0.1) is 0 Å². The van der Waals surface area contributed by atoms with E-state index in [0.29, 0.717) is 17.7 Å². The minimum atomic E-state index is 0.372. The molecule has 4 heteroatoms. The van der Waals surface area contributed by atoms with Gasteiger partial charge in [0.25, 0.3) is 0 Å². The van der Waals surface area contributed by atoms with Crippen LogP contribution in [0, 0.1) is 5.92 Å². The van der Waals surface area contributed by atoms with Gasteiger partial charge in [0.2, 0.25) is 0 Å². The summed E-state index contributed by atoms with van der Waals surface area (Å²) in [5, 5.41) is 3.97. The molecule has 0 amide bonds. The fourth-order valence-corrected chi connectivity index (χ4v) is 2.69. The zero-order valence-electron chi connectivity index (χ0n) is 12.5. The third-order valence-corrected chi connectivity index (χ3v) is 4.24. The van der Waals surface area contributed by atoms with Gasteiger partial charge >= 0.3 is 0 Å². The van der Waals surface area contributed by atoms with E-state index in [-0.39, 0.29) is 0 Å². The van der Waals surface area contributed by atoms with Crippen molar-refractivity contribution in [1.82, 2.24) is 4.98 Å². The van der Waals surface area contributed by atoms with Crippen LogP contribution >= 0.6 is 11.6 Å². The van der Waals surface area contributed by atoms with Gasteiger partial charge < -0.3 is 10.1 Å². The summed E-state index contributed by atoms with van der Waals surface area (Å²) < 4.78 is 5.98.